The second-order valence-electron chi connectivity index (χ2n) is 4.54. The first-order valence-electron chi connectivity index (χ1n) is 5.67. The summed E-state index contributed by atoms with van der Waals surface area (Å²) < 4.78 is 0. The number of anilines is 1. The number of hydrogen-bond donors (Lipinski definition) is 2. The highest BCUT2D eigenvalue weighted by molar-refractivity contribution is 5.33. The lowest BCUT2D eigenvalue weighted by Gasteiger charge is -1.98. The van der Waals surface area contributed by atoms with Gasteiger partial charge in [-0.05, 0) is 24.3 Å². The van der Waals surface area contributed by atoms with Crippen LogP contribution in [0.1, 0.15) is 23.6 Å². The number of benzene rings is 1. The fraction of sp³-hybridized carbons (Fsp3) is 0.308. The molecule has 0 spiro atoms. The van der Waals surface area contributed by atoms with Crippen LogP contribution in [0.3, 0.4) is 0 Å². The lowest BCUT2D eigenvalue weighted by molar-refractivity contribution is 0.780. The third-order valence-corrected chi connectivity index (χ3v) is 3.28. The molecular weight excluding hydrogens is 198 g/mol. The van der Waals surface area contributed by atoms with Gasteiger partial charge in [-0.25, -0.2) is 0 Å². The van der Waals surface area contributed by atoms with E-state index in [2.05, 4.69) is 40.5 Å². The Hall–Kier alpha value is -1.77. The summed E-state index contributed by atoms with van der Waals surface area (Å²) in [4.78, 5) is 0. The van der Waals surface area contributed by atoms with Crippen molar-refractivity contribution in [2.75, 3.05) is 5.73 Å². The Morgan fingerprint density at radius 1 is 1.31 bits per heavy atom. The quantitative estimate of drug-likeness (QED) is 0.822. The van der Waals surface area contributed by atoms with Gasteiger partial charge in [-0.2, -0.15) is 5.10 Å². The number of rotatable bonds is 3. The molecule has 2 atom stereocenters. The molecule has 1 aromatic carbocycles. The fourth-order valence-electron chi connectivity index (χ4n) is 2.31. The number of nitrogen functional groups attached to an aromatic ring is 1. The van der Waals surface area contributed by atoms with Crippen LogP contribution in [-0.2, 0) is 6.42 Å². The SMILES string of the molecule is Nc1cc(C2CC2Cc2ccccc2)[nH]n1. The second kappa shape index (κ2) is 3.67. The van der Waals surface area contributed by atoms with E-state index in [1.165, 1.54) is 17.7 Å². The molecule has 0 saturated heterocycles. The molecule has 3 rings (SSSR count). The number of nitrogens with two attached hydrogens (primary N) is 1. The van der Waals surface area contributed by atoms with Crippen molar-refractivity contribution in [1.29, 1.82) is 0 Å². The zero-order valence-corrected chi connectivity index (χ0v) is 9.06. The standard InChI is InChI=1S/C13H15N3/c14-13-8-12(15-16-13)11-7-10(11)6-9-4-2-1-3-5-9/h1-5,8,10-11H,6-7H2,(H3,14,15,16). The van der Waals surface area contributed by atoms with Crippen molar-refractivity contribution < 1.29 is 0 Å². The van der Waals surface area contributed by atoms with Crippen LogP contribution in [0.2, 0.25) is 0 Å². The molecule has 2 aromatic rings. The van der Waals surface area contributed by atoms with E-state index in [1.54, 1.807) is 0 Å². The largest absolute Gasteiger partial charge is 0.382 e. The molecule has 1 fully saturated rings. The maximum atomic E-state index is 5.60. The van der Waals surface area contributed by atoms with Crippen LogP contribution in [0.4, 0.5) is 5.82 Å². The van der Waals surface area contributed by atoms with E-state index in [4.69, 9.17) is 5.73 Å². The van der Waals surface area contributed by atoms with Crippen molar-refractivity contribution in [2.24, 2.45) is 5.92 Å². The predicted molar refractivity (Wildman–Crippen MR) is 64.0 cm³/mol. The topological polar surface area (TPSA) is 54.7 Å². The van der Waals surface area contributed by atoms with Gasteiger partial charge < -0.3 is 5.73 Å². The molecule has 3 nitrogen and oxygen atoms in total. The van der Waals surface area contributed by atoms with Gasteiger partial charge in [0.2, 0.25) is 0 Å². The zero-order valence-electron chi connectivity index (χ0n) is 9.06. The third kappa shape index (κ3) is 1.81. The molecule has 1 aliphatic carbocycles. The molecular formula is C13H15N3. The Balaban J connectivity index is 1.65. The van der Waals surface area contributed by atoms with E-state index in [-0.39, 0.29) is 0 Å². The van der Waals surface area contributed by atoms with Crippen molar-refractivity contribution in [3.05, 3.63) is 47.7 Å². The van der Waals surface area contributed by atoms with Crippen molar-refractivity contribution >= 4 is 5.82 Å². The highest BCUT2D eigenvalue weighted by Gasteiger charge is 2.39. The summed E-state index contributed by atoms with van der Waals surface area (Å²) >= 11 is 0. The maximum absolute atomic E-state index is 5.60. The van der Waals surface area contributed by atoms with Crippen molar-refractivity contribution in [1.82, 2.24) is 10.2 Å². The summed E-state index contributed by atoms with van der Waals surface area (Å²) in [5.41, 5.74) is 8.21. The number of nitrogens with one attached hydrogen (secondary N) is 1. The number of H-pyrrole nitrogens is 1. The molecule has 3 heteroatoms. The summed E-state index contributed by atoms with van der Waals surface area (Å²) in [5.74, 6) is 1.98. The molecule has 1 aromatic heterocycles. The van der Waals surface area contributed by atoms with Gasteiger partial charge >= 0.3 is 0 Å². The molecule has 0 radical (unpaired) electrons. The van der Waals surface area contributed by atoms with E-state index in [0.717, 1.165) is 12.3 Å². The summed E-state index contributed by atoms with van der Waals surface area (Å²) in [7, 11) is 0. The van der Waals surface area contributed by atoms with Gasteiger partial charge in [0.15, 0.2) is 0 Å². The third-order valence-electron chi connectivity index (χ3n) is 3.28. The van der Waals surface area contributed by atoms with Gasteiger partial charge in [-0.3, -0.25) is 5.10 Å². The van der Waals surface area contributed by atoms with Crippen LogP contribution in [0.5, 0.6) is 0 Å². The van der Waals surface area contributed by atoms with E-state index in [9.17, 15) is 0 Å². The second-order valence-corrected chi connectivity index (χ2v) is 4.54. The van der Waals surface area contributed by atoms with Gasteiger partial charge in [0.1, 0.15) is 5.82 Å². The van der Waals surface area contributed by atoms with Crippen LogP contribution in [-0.4, -0.2) is 10.2 Å². The molecule has 1 heterocycles. The smallest absolute Gasteiger partial charge is 0.145 e. The van der Waals surface area contributed by atoms with Crippen LogP contribution in [0, 0.1) is 5.92 Å². The Labute approximate surface area is 94.7 Å². The normalized spacial score (nSPS) is 23.2. The average Bonchev–Trinajstić information content (AvgIpc) is 2.92. The van der Waals surface area contributed by atoms with E-state index < -0.39 is 0 Å². The van der Waals surface area contributed by atoms with Gasteiger partial charge in [-0.15, -0.1) is 0 Å². The van der Waals surface area contributed by atoms with Crippen molar-refractivity contribution in [3.63, 3.8) is 0 Å². The first-order chi connectivity index (χ1) is 7.83. The Kier molecular flexibility index (Phi) is 2.17. The molecule has 16 heavy (non-hydrogen) atoms. The number of nitrogens with zero attached hydrogens (tertiary/aromatic N) is 1. The molecule has 0 aliphatic heterocycles. The Bertz CT molecular complexity index is 475. The number of aromatic amines is 1. The zero-order chi connectivity index (χ0) is 11.0. The van der Waals surface area contributed by atoms with Crippen molar-refractivity contribution in [2.45, 2.75) is 18.8 Å². The lowest BCUT2D eigenvalue weighted by Crippen LogP contribution is -1.89. The Morgan fingerprint density at radius 2 is 2.12 bits per heavy atom. The minimum atomic E-state index is 0.598. The highest BCUT2D eigenvalue weighted by Crippen LogP contribution is 2.48. The number of hydrogen-bond acceptors (Lipinski definition) is 2. The van der Waals surface area contributed by atoms with Gasteiger partial charge in [0.05, 0.1) is 0 Å². The summed E-state index contributed by atoms with van der Waals surface area (Å²) in [6.07, 6.45) is 2.40. The molecule has 0 bridgehead atoms. The summed E-state index contributed by atoms with van der Waals surface area (Å²) in [6, 6.07) is 12.6. The van der Waals surface area contributed by atoms with Crippen LogP contribution < -0.4 is 5.73 Å². The monoisotopic (exact) mass is 213 g/mol. The summed E-state index contributed by atoms with van der Waals surface area (Å²) in [5, 5.41) is 6.98. The lowest BCUT2D eigenvalue weighted by atomic mass is 10.1. The average molecular weight is 213 g/mol. The van der Waals surface area contributed by atoms with Gasteiger partial charge in [-0.1, -0.05) is 30.3 Å². The van der Waals surface area contributed by atoms with Crippen LogP contribution in [0.25, 0.3) is 0 Å². The van der Waals surface area contributed by atoms with Crippen LogP contribution >= 0.6 is 0 Å². The van der Waals surface area contributed by atoms with E-state index in [1.807, 2.05) is 6.07 Å². The minimum absolute atomic E-state index is 0.598. The molecule has 3 N–H and O–H groups in total. The molecule has 2 unspecified atom stereocenters. The van der Waals surface area contributed by atoms with Crippen LogP contribution in [0.15, 0.2) is 36.4 Å². The van der Waals surface area contributed by atoms with Crippen molar-refractivity contribution in [3.8, 4) is 0 Å². The first-order valence-corrected chi connectivity index (χ1v) is 5.67. The van der Waals surface area contributed by atoms with Gasteiger partial charge in [0, 0.05) is 17.7 Å². The van der Waals surface area contributed by atoms with Gasteiger partial charge in [0.25, 0.3) is 0 Å². The first kappa shape index (κ1) is 9.46. The molecule has 82 valence electrons. The minimum Gasteiger partial charge on any atom is -0.382 e. The summed E-state index contributed by atoms with van der Waals surface area (Å²) in [6.45, 7) is 0. The maximum Gasteiger partial charge on any atom is 0.145 e. The molecule has 0 amide bonds. The highest BCUT2D eigenvalue weighted by atomic mass is 15.2. The molecule has 1 saturated carbocycles. The fourth-order valence-corrected chi connectivity index (χ4v) is 2.31. The Morgan fingerprint density at radius 3 is 2.81 bits per heavy atom. The molecule has 1 aliphatic rings. The van der Waals surface area contributed by atoms with E-state index >= 15 is 0 Å². The van der Waals surface area contributed by atoms with E-state index in [0.29, 0.717) is 11.7 Å². The predicted octanol–water partition coefficient (Wildman–Crippen LogP) is 2.34. The number of aromatic nitrogens is 2.